The number of hydrogen-bond acceptors (Lipinski definition) is 5. The lowest BCUT2D eigenvalue weighted by Gasteiger charge is -2.21. The third-order valence-electron chi connectivity index (χ3n) is 4.92. The van der Waals surface area contributed by atoms with Gasteiger partial charge in [-0.3, -0.25) is 4.79 Å². The first-order chi connectivity index (χ1) is 14.2. The standard InChI is InChI=1S/C22H24N4O3/c1-2-28-22(17-6-4-3-5-7-17)18-8-9-20-19(12-18)13-25(10-11-29-20)21(27)14-26-16-23-15-24-26/h3-9,12,15-16,22H,2,10-11,13-14H2,1H3/t22-/m0/s1. The Hall–Kier alpha value is -3.19. The van der Waals surface area contributed by atoms with Crippen LogP contribution in [0.3, 0.4) is 0 Å². The van der Waals surface area contributed by atoms with Gasteiger partial charge in [0.2, 0.25) is 5.91 Å². The van der Waals surface area contributed by atoms with Crippen LogP contribution in [-0.4, -0.2) is 45.3 Å². The molecule has 4 rings (SSSR count). The van der Waals surface area contributed by atoms with Crippen molar-refractivity contribution in [1.29, 1.82) is 0 Å². The zero-order valence-corrected chi connectivity index (χ0v) is 16.4. The molecule has 1 aliphatic rings. The van der Waals surface area contributed by atoms with Crippen LogP contribution in [0.25, 0.3) is 0 Å². The van der Waals surface area contributed by atoms with Gasteiger partial charge in [0.25, 0.3) is 0 Å². The maximum Gasteiger partial charge on any atom is 0.244 e. The van der Waals surface area contributed by atoms with Gasteiger partial charge in [-0.2, -0.15) is 5.10 Å². The number of rotatable bonds is 6. The Morgan fingerprint density at radius 2 is 2.07 bits per heavy atom. The molecule has 0 saturated carbocycles. The molecule has 29 heavy (non-hydrogen) atoms. The summed E-state index contributed by atoms with van der Waals surface area (Å²) in [4.78, 5) is 18.4. The first-order valence-electron chi connectivity index (χ1n) is 9.77. The van der Waals surface area contributed by atoms with E-state index in [0.717, 1.165) is 22.4 Å². The molecule has 1 amide bonds. The summed E-state index contributed by atoms with van der Waals surface area (Å²) in [5.74, 6) is 0.801. The Balaban J connectivity index is 1.58. The highest BCUT2D eigenvalue weighted by molar-refractivity contribution is 5.76. The zero-order valence-electron chi connectivity index (χ0n) is 16.4. The largest absolute Gasteiger partial charge is 0.491 e. The van der Waals surface area contributed by atoms with Gasteiger partial charge in [-0.05, 0) is 30.2 Å². The van der Waals surface area contributed by atoms with E-state index in [2.05, 4.69) is 28.3 Å². The first-order valence-corrected chi connectivity index (χ1v) is 9.77. The van der Waals surface area contributed by atoms with E-state index in [0.29, 0.717) is 26.3 Å². The van der Waals surface area contributed by atoms with Gasteiger partial charge >= 0.3 is 0 Å². The molecule has 0 bridgehead atoms. The molecule has 0 aliphatic carbocycles. The van der Waals surface area contributed by atoms with E-state index in [1.807, 2.05) is 37.3 Å². The second-order valence-corrected chi connectivity index (χ2v) is 6.87. The quantitative estimate of drug-likeness (QED) is 0.645. The number of carbonyl (C=O) groups excluding carboxylic acids is 1. The van der Waals surface area contributed by atoms with E-state index in [1.54, 1.807) is 11.2 Å². The molecule has 1 aliphatic heterocycles. The number of carbonyl (C=O) groups is 1. The molecule has 1 atom stereocenters. The fraction of sp³-hybridized carbons (Fsp3) is 0.318. The van der Waals surface area contributed by atoms with Gasteiger partial charge in [0, 0.05) is 18.7 Å². The Labute approximate surface area is 169 Å². The van der Waals surface area contributed by atoms with Crippen molar-refractivity contribution in [2.45, 2.75) is 26.1 Å². The summed E-state index contributed by atoms with van der Waals surface area (Å²) in [6.45, 7) is 4.25. The number of ether oxygens (including phenoxy) is 2. The van der Waals surface area contributed by atoms with Crippen LogP contribution in [0.1, 0.15) is 29.7 Å². The van der Waals surface area contributed by atoms with Crippen LogP contribution in [0.15, 0.2) is 61.2 Å². The topological polar surface area (TPSA) is 69.5 Å². The molecular formula is C22H24N4O3. The molecule has 0 N–H and O–H groups in total. The molecule has 2 aromatic carbocycles. The molecule has 2 heterocycles. The molecule has 150 valence electrons. The number of hydrogen-bond donors (Lipinski definition) is 0. The minimum absolute atomic E-state index is 0.0122. The van der Waals surface area contributed by atoms with Crippen LogP contribution in [0.4, 0.5) is 0 Å². The predicted octanol–water partition coefficient (Wildman–Crippen LogP) is 2.83. The average molecular weight is 392 g/mol. The third-order valence-corrected chi connectivity index (χ3v) is 4.92. The van der Waals surface area contributed by atoms with Crippen molar-refractivity contribution < 1.29 is 14.3 Å². The van der Waals surface area contributed by atoms with E-state index >= 15 is 0 Å². The molecular weight excluding hydrogens is 368 g/mol. The summed E-state index contributed by atoms with van der Waals surface area (Å²) in [7, 11) is 0. The zero-order chi connectivity index (χ0) is 20.1. The predicted molar refractivity (Wildman–Crippen MR) is 107 cm³/mol. The van der Waals surface area contributed by atoms with Gasteiger partial charge in [0.05, 0.1) is 6.54 Å². The van der Waals surface area contributed by atoms with Crippen LogP contribution >= 0.6 is 0 Å². The van der Waals surface area contributed by atoms with Crippen LogP contribution in [0.5, 0.6) is 5.75 Å². The summed E-state index contributed by atoms with van der Waals surface area (Å²) in [6, 6.07) is 16.3. The normalized spacial score (nSPS) is 14.6. The minimum atomic E-state index is -0.158. The molecule has 3 aromatic rings. The van der Waals surface area contributed by atoms with Crippen molar-refractivity contribution in [3.63, 3.8) is 0 Å². The van der Waals surface area contributed by atoms with Gasteiger partial charge in [-0.15, -0.1) is 0 Å². The lowest BCUT2D eigenvalue weighted by Crippen LogP contribution is -2.35. The van der Waals surface area contributed by atoms with Crippen molar-refractivity contribution >= 4 is 5.91 Å². The average Bonchev–Trinajstić information content (AvgIpc) is 3.16. The van der Waals surface area contributed by atoms with Crippen molar-refractivity contribution in [2.75, 3.05) is 19.8 Å². The van der Waals surface area contributed by atoms with Crippen LogP contribution < -0.4 is 4.74 Å². The van der Waals surface area contributed by atoms with Gasteiger partial charge in [-0.25, -0.2) is 9.67 Å². The molecule has 7 nitrogen and oxygen atoms in total. The Kier molecular flexibility index (Phi) is 5.86. The molecule has 7 heteroatoms. The number of nitrogens with zero attached hydrogens (tertiary/aromatic N) is 4. The molecule has 1 aromatic heterocycles. The first kappa shape index (κ1) is 19.1. The Morgan fingerprint density at radius 1 is 1.21 bits per heavy atom. The molecule has 0 fully saturated rings. The monoisotopic (exact) mass is 392 g/mol. The maximum absolute atomic E-state index is 12.7. The second-order valence-electron chi connectivity index (χ2n) is 6.87. The van der Waals surface area contributed by atoms with E-state index in [-0.39, 0.29) is 18.6 Å². The smallest absolute Gasteiger partial charge is 0.244 e. The number of fused-ring (bicyclic) bond motifs is 1. The lowest BCUT2D eigenvalue weighted by atomic mass is 9.98. The number of amides is 1. The second kappa shape index (κ2) is 8.87. The highest BCUT2D eigenvalue weighted by Crippen LogP contribution is 2.31. The molecule has 0 spiro atoms. The van der Waals surface area contributed by atoms with E-state index in [1.165, 1.54) is 11.0 Å². The van der Waals surface area contributed by atoms with Crippen molar-refractivity contribution in [1.82, 2.24) is 19.7 Å². The van der Waals surface area contributed by atoms with Gasteiger partial charge in [-0.1, -0.05) is 36.4 Å². The van der Waals surface area contributed by atoms with Gasteiger partial charge < -0.3 is 14.4 Å². The fourth-order valence-corrected chi connectivity index (χ4v) is 3.52. The minimum Gasteiger partial charge on any atom is -0.491 e. The van der Waals surface area contributed by atoms with E-state index < -0.39 is 0 Å². The Morgan fingerprint density at radius 3 is 2.83 bits per heavy atom. The van der Waals surface area contributed by atoms with Crippen LogP contribution in [0.2, 0.25) is 0 Å². The summed E-state index contributed by atoms with van der Waals surface area (Å²) in [5, 5.41) is 4.02. The maximum atomic E-state index is 12.7. The SMILES string of the molecule is CCO[C@@H](c1ccccc1)c1ccc2c(c1)CN(C(=O)Cn1cncn1)CCO2. The summed E-state index contributed by atoms with van der Waals surface area (Å²) < 4.78 is 13.5. The van der Waals surface area contributed by atoms with E-state index in [9.17, 15) is 4.79 Å². The molecule has 0 saturated heterocycles. The highest BCUT2D eigenvalue weighted by Gasteiger charge is 2.22. The third kappa shape index (κ3) is 4.46. The number of benzene rings is 2. The van der Waals surface area contributed by atoms with Crippen LogP contribution in [0, 0.1) is 0 Å². The summed E-state index contributed by atoms with van der Waals surface area (Å²) in [5.41, 5.74) is 3.13. The molecule has 0 unspecified atom stereocenters. The van der Waals surface area contributed by atoms with Gasteiger partial charge in [0.15, 0.2) is 0 Å². The fourth-order valence-electron chi connectivity index (χ4n) is 3.52. The van der Waals surface area contributed by atoms with E-state index in [4.69, 9.17) is 9.47 Å². The van der Waals surface area contributed by atoms with Crippen molar-refractivity contribution in [3.8, 4) is 5.75 Å². The van der Waals surface area contributed by atoms with Gasteiger partial charge in [0.1, 0.15) is 37.7 Å². The van der Waals surface area contributed by atoms with Crippen LogP contribution in [-0.2, 0) is 22.6 Å². The lowest BCUT2D eigenvalue weighted by molar-refractivity contribution is -0.132. The Bertz CT molecular complexity index is 944. The van der Waals surface area contributed by atoms with Crippen molar-refractivity contribution in [2.24, 2.45) is 0 Å². The summed E-state index contributed by atoms with van der Waals surface area (Å²) in [6.07, 6.45) is 2.82. The highest BCUT2D eigenvalue weighted by atomic mass is 16.5. The molecule has 0 radical (unpaired) electrons. The summed E-state index contributed by atoms with van der Waals surface area (Å²) >= 11 is 0. The number of aromatic nitrogens is 3. The van der Waals surface area contributed by atoms with Crippen molar-refractivity contribution in [3.05, 3.63) is 77.9 Å².